The van der Waals surface area contributed by atoms with Crippen LogP contribution < -0.4 is 0 Å². The Morgan fingerprint density at radius 3 is 2.57 bits per heavy atom. The zero-order chi connectivity index (χ0) is 21.5. The molecule has 0 unspecified atom stereocenters. The highest BCUT2D eigenvalue weighted by molar-refractivity contribution is 5.80. The minimum absolute atomic E-state index is 0.122. The molecule has 4 aliphatic carbocycles. The number of hydrogen-bond acceptors (Lipinski definition) is 3. The fraction of sp³-hybridized carbons (Fsp3) is 0.815. The summed E-state index contributed by atoms with van der Waals surface area (Å²) in [5, 5.41) is 0. The standard InChI is InChI=1S/C27H41NO2/c1-17(29)21-12-14-27(5)23-9-8-22-19(15-20(23)11-13-26(21,27)4)7-10-24-25(22,3)16-30-18(2)28(24)6/h11,15,18,21-24H,7-10,12-14,16H2,1-6H3/t18-,21+,22-,23-,24-,25-,26-,27+/m1/s1. The molecular formula is C27H41NO2. The molecule has 0 spiro atoms. The molecule has 3 fully saturated rings. The molecule has 166 valence electrons. The van der Waals surface area contributed by atoms with Crippen molar-refractivity contribution < 1.29 is 9.53 Å². The highest BCUT2D eigenvalue weighted by Crippen LogP contribution is 2.67. The van der Waals surface area contributed by atoms with Crippen LogP contribution in [0.2, 0.25) is 0 Å². The number of Topliss-reactive ketones (excluding diaryl/α,β-unsaturated/α-hetero) is 1. The van der Waals surface area contributed by atoms with Crippen molar-refractivity contribution in [1.82, 2.24) is 4.90 Å². The van der Waals surface area contributed by atoms with Gasteiger partial charge in [-0.05, 0) is 94.1 Å². The van der Waals surface area contributed by atoms with Crippen LogP contribution in [0.25, 0.3) is 0 Å². The third-order valence-electron chi connectivity index (χ3n) is 11.0. The maximum atomic E-state index is 12.5. The van der Waals surface area contributed by atoms with E-state index in [2.05, 4.69) is 51.8 Å². The van der Waals surface area contributed by atoms with Crippen molar-refractivity contribution >= 4 is 5.78 Å². The largest absolute Gasteiger partial charge is 0.363 e. The number of nitrogens with zero attached hydrogens (tertiary/aromatic N) is 1. The van der Waals surface area contributed by atoms with Gasteiger partial charge in [0.05, 0.1) is 6.61 Å². The van der Waals surface area contributed by atoms with E-state index in [1.165, 1.54) is 32.1 Å². The van der Waals surface area contributed by atoms with Gasteiger partial charge in [-0.3, -0.25) is 9.69 Å². The molecule has 3 heteroatoms. The molecule has 1 saturated heterocycles. The van der Waals surface area contributed by atoms with Gasteiger partial charge in [0.25, 0.3) is 0 Å². The molecule has 0 bridgehead atoms. The summed E-state index contributed by atoms with van der Waals surface area (Å²) < 4.78 is 6.26. The van der Waals surface area contributed by atoms with Gasteiger partial charge in [-0.1, -0.05) is 38.5 Å². The second-order valence-corrected chi connectivity index (χ2v) is 12.0. The first kappa shape index (κ1) is 20.9. The van der Waals surface area contributed by atoms with Gasteiger partial charge in [-0.25, -0.2) is 0 Å². The quantitative estimate of drug-likeness (QED) is 0.549. The number of fused-ring (bicyclic) bond motifs is 6. The first-order chi connectivity index (χ1) is 14.1. The molecule has 1 heterocycles. The summed E-state index contributed by atoms with van der Waals surface area (Å²) in [6.07, 6.45) is 13.7. The lowest BCUT2D eigenvalue weighted by molar-refractivity contribution is -0.186. The normalized spacial score (nSPS) is 50.9. The number of rotatable bonds is 1. The Balaban J connectivity index is 1.50. The van der Waals surface area contributed by atoms with Crippen LogP contribution in [-0.4, -0.2) is 36.6 Å². The second kappa shape index (κ2) is 6.78. The Kier molecular flexibility index (Phi) is 4.74. The average molecular weight is 412 g/mol. The van der Waals surface area contributed by atoms with Gasteiger partial charge in [-0.2, -0.15) is 0 Å². The Morgan fingerprint density at radius 2 is 1.83 bits per heavy atom. The van der Waals surface area contributed by atoms with Crippen molar-refractivity contribution in [1.29, 1.82) is 0 Å². The van der Waals surface area contributed by atoms with E-state index in [0.717, 1.165) is 19.4 Å². The van der Waals surface area contributed by atoms with Crippen LogP contribution in [0.1, 0.15) is 79.6 Å². The molecule has 0 radical (unpaired) electrons. The van der Waals surface area contributed by atoms with E-state index in [0.29, 0.717) is 23.7 Å². The monoisotopic (exact) mass is 411 g/mol. The molecule has 8 atom stereocenters. The summed E-state index contributed by atoms with van der Waals surface area (Å²) in [7, 11) is 2.26. The summed E-state index contributed by atoms with van der Waals surface area (Å²) in [6, 6.07) is 0.618. The maximum Gasteiger partial charge on any atom is 0.133 e. The topological polar surface area (TPSA) is 29.5 Å². The number of ether oxygens (including phenoxy) is 1. The lowest BCUT2D eigenvalue weighted by atomic mass is 9.52. The predicted molar refractivity (Wildman–Crippen MR) is 121 cm³/mol. The minimum atomic E-state index is 0.122. The fourth-order valence-corrected chi connectivity index (χ4v) is 8.77. The van der Waals surface area contributed by atoms with Crippen LogP contribution in [0, 0.1) is 34.0 Å². The van der Waals surface area contributed by atoms with Crippen molar-refractivity contribution in [3.05, 3.63) is 23.3 Å². The van der Waals surface area contributed by atoms with Gasteiger partial charge >= 0.3 is 0 Å². The maximum absolute atomic E-state index is 12.5. The van der Waals surface area contributed by atoms with E-state index >= 15 is 0 Å². The third-order valence-corrected chi connectivity index (χ3v) is 11.0. The van der Waals surface area contributed by atoms with Crippen LogP contribution in [0.4, 0.5) is 0 Å². The zero-order valence-electron chi connectivity index (χ0n) is 20.0. The van der Waals surface area contributed by atoms with Gasteiger partial charge in [0.15, 0.2) is 0 Å². The van der Waals surface area contributed by atoms with E-state index in [1.54, 1.807) is 11.1 Å². The number of ketones is 1. The molecule has 30 heavy (non-hydrogen) atoms. The first-order valence-electron chi connectivity index (χ1n) is 12.4. The molecule has 5 rings (SSSR count). The Hall–Kier alpha value is -0.930. The Bertz CT molecular complexity index is 814. The molecule has 0 amide bonds. The summed E-state index contributed by atoms with van der Waals surface area (Å²) in [6.45, 7) is 12.3. The van der Waals surface area contributed by atoms with E-state index in [4.69, 9.17) is 4.74 Å². The van der Waals surface area contributed by atoms with Crippen LogP contribution in [0.3, 0.4) is 0 Å². The zero-order valence-corrected chi connectivity index (χ0v) is 20.0. The van der Waals surface area contributed by atoms with Crippen molar-refractivity contribution in [3.63, 3.8) is 0 Å². The average Bonchev–Trinajstić information content (AvgIpc) is 2.84. The molecule has 1 aliphatic heterocycles. The number of hydrogen-bond donors (Lipinski definition) is 0. The van der Waals surface area contributed by atoms with E-state index in [-0.39, 0.29) is 28.4 Å². The SMILES string of the molecule is CC(=O)[C@@H]1CC[C@@]2(C)[C@@H]3CC[C@@H]4C(=CC3=CC[C@]12C)CC[C@H]1N(C)[C@@H](C)OC[C@]41C. The van der Waals surface area contributed by atoms with E-state index < -0.39 is 0 Å². The van der Waals surface area contributed by atoms with Crippen molar-refractivity contribution in [3.8, 4) is 0 Å². The Morgan fingerprint density at radius 1 is 1.10 bits per heavy atom. The summed E-state index contributed by atoms with van der Waals surface area (Å²) >= 11 is 0. The van der Waals surface area contributed by atoms with Gasteiger partial charge in [-0.15, -0.1) is 0 Å². The highest BCUT2D eigenvalue weighted by atomic mass is 16.5. The van der Waals surface area contributed by atoms with Crippen LogP contribution in [-0.2, 0) is 9.53 Å². The number of carbonyl (C=O) groups is 1. The summed E-state index contributed by atoms with van der Waals surface area (Å²) in [5.41, 5.74) is 3.85. The first-order valence-corrected chi connectivity index (χ1v) is 12.4. The number of allylic oxidation sites excluding steroid dienone is 4. The summed E-state index contributed by atoms with van der Waals surface area (Å²) in [4.78, 5) is 15.0. The van der Waals surface area contributed by atoms with Gasteiger partial charge < -0.3 is 4.74 Å². The number of carbonyl (C=O) groups excluding carboxylic acids is 1. The van der Waals surface area contributed by atoms with Crippen LogP contribution in [0.15, 0.2) is 23.3 Å². The molecule has 0 aromatic carbocycles. The lowest BCUT2D eigenvalue weighted by Gasteiger charge is -2.56. The van der Waals surface area contributed by atoms with Crippen LogP contribution in [0.5, 0.6) is 0 Å². The molecule has 5 aliphatic rings. The van der Waals surface area contributed by atoms with E-state index in [9.17, 15) is 4.79 Å². The van der Waals surface area contributed by atoms with Gasteiger partial charge in [0, 0.05) is 17.4 Å². The Labute approximate surface area is 183 Å². The van der Waals surface area contributed by atoms with Crippen LogP contribution >= 0.6 is 0 Å². The van der Waals surface area contributed by atoms with Gasteiger partial charge in [0.2, 0.25) is 0 Å². The summed E-state index contributed by atoms with van der Waals surface area (Å²) in [5.74, 6) is 1.87. The predicted octanol–water partition coefficient (Wildman–Crippen LogP) is 5.76. The molecule has 0 aromatic rings. The smallest absolute Gasteiger partial charge is 0.133 e. The van der Waals surface area contributed by atoms with Crippen molar-refractivity contribution in [2.75, 3.05) is 13.7 Å². The molecular weight excluding hydrogens is 370 g/mol. The van der Waals surface area contributed by atoms with Crippen molar-refractivity contribution in [2.45, 2.75) is 91.8 Å². The molecule has 2 saturated carbocycles. The lowest BCUT2D eigenvalue weighted by Crippen LogP contribution is -2.61. The molecule has 0 aromatic heterocycles. The van der Waals surface area contributed by atoms with Gasteiger partial charge in [0.1, 0.15) is 12.0 Å². The minimum Gasteiger partial charge on any atom is -0.363 e. The highest BCUT2D eigenvalue weighted by Gasteiger charge is 2.61. The van der Waals surface area contributed by atoms with E-state index in [1.807, 2.05) is 6.92 Å². The molecule has 0 N–H and O–H groups in total. The van der Waals surface area contributed by atoms with Crippen molar-refractivity contribution in [2.24, 2.45) is 34.0 Å². The molecule has 3 nitrogen and oxygen atoms in total. The second-order valence-electron chi connectivity index (χ2n) is 12.0. The third kappa shape index (κ3) is 2.60. The fourth-order valence-electron chi connectivity index (χ4n) is 8.77.